The summed E-state index contributed by atoms with van der Waals surface area (Å²) in [4.78, 5) is 24.9. The molecule has 0 fully saturated rings. The number of nitrogens with one attached hydrogen (secondary N) is 3. The molecule has 0 aliphatic rings. The molecule has 3 rings (SSSR count). The van der Waals surface area contributed by atoms with Gasteiger partial charge >= 0.3 is 0 Å². The van der Waals surface area contributed by atoms with Gasteiger partial charge in [0.15, 0.2) is 0 Å². The molecule has 0 saturated heterocycles. The summed E-state index contributed by atoms with van der Waals surface area (Å²) in [5, 5.41) is 9.01. The van der Waals surface area contributed by atoms with Crippen LogP contribution in [0.4, 0.5) is 21.5 Å². The van der Waals surface area contributed by atoms with Crippen molar-refractivity contribution in [2.75, 3.05) is 22.5 Å². The molecule has 0 aliphatic carbocycles. The highest BCUT2D eigenvalue weighted by Gasteiger charge is 2.13. The minimum atomic E-state index is -0.383. The number of carbonyl (C=O) groups excluding carboxylic acids is 2. The number of amides is 2. The molecule has 148 valence electrons. The van der Waals surface area contributed by atoms with Crippen LogP contribution in [0.25, 0.3) is 0 Å². The van der Waals surface area contributed by atoms with E-state index in [1.54, 1.807) is 36.4 Å². The molecule has 0 unspecified atom stereocenters. The molecule has 0 atom stereocenters. The van der Waals surface area contributed by atoms with Crippen molar-refractivity contribution in [3.05, 3.63) is 88.7 Å². The second-order valence-corrected chi connectivity index (χ2v) is 6.80. The fraction of sp³-hybridized carbons (Fsp3) is 0.0909. The van der Waals surface area contributed by atoms with Crippen LogP contribution in [-0.4, -0.2) is 18.4 Å². The van der Waals surface area contributed by atoms with Crippen molar-refractivity contribution in [1.29, 1.82) is 0 Å². The molecule has 0 aliphatic heterocycles. The van der Waals surface area contributed by atoms with Crippen LogP contribution in [0.15, 0.2) is 66.7 Å². The minimum Gasteiger partial charge on any atom is -0.376 e. The molecule has 0 aromatic heterocycles. The van der Waals surface area contributed by atoms with E-state index in [9.17, 15) is 14.0 Å². The molecule has 7 heteroatoms. The Morgan fingerprint density at radius 3 is 2.41 bits per heavy atom. The van der Waals surface area contributed by atoms with Crippen molar-refractivity contribution in [1.82, 2.24) is 0 Å². The first-order valence-corrected chi connectivity index (χ1v) is 9.26. The maximum Gasteiger partial charge on any atom is 0.257 e. The lowest BCUT2D eigenvalue weighted by atomic mass is 10.1. The number of anilines is 3. The Morgan fingerprint density at radius 2 is 1.66 bits per heavy atom. The SMILES string of the molecule is Cc1ccc(Cl)cc1NC(=O)CNc1ccccc1C(=O)Nc1ccc(F)cc1. The van der Waals surface area contributed by atoms with Crippen molar-refractivity contribution >= 4 is 40.5 Å². The Balaban J connectivity index is 1.65. The van der Waals surface area contributed by atoms with Gasteiger partial charge in [-0.05, 0) is 61.0 Å². The molecule has 0 saturated carbocycles. The summed E-state index contributed by atoms with van der Waals surface area (Å²) in [6.07, 6.45) is 0. The Labute approximate surface area is 172 Å². The Morgan fingerprint density at radius 1 is 0.931 bits per heavy atom. The minimum absolute atomic E-state index is 0.0349. The molecular weight excluding hydrogens is 393 g/mol. The highest BCUT2D eigenvalue weighted by atomic mass is 35.5. The van der Waals surface area contributed by atoms with Crippen LogP contribution in [0.1, 0.15) is 15.9 Å². The smallest absolute Gasteiger partial charge is 0.257 e. The van der Waals surface area contributed by atoms with E-state index in [1.165, 1.54) is 24.3 Å². The van der Waals surface area contributed by atoms with Gasteiger partial charge in [-0.25, -0.2) is 4.39 Å². The molecule has 5 nitrogen and oxygen atoms in total. The second kappa shape index (κ2) is 9.21. The lowest BCUT2D eigenvalue weighted by Gasteiger charge is -2.13. The fourth-order valence-electron chi connectivity index (χ4n) is 2.67. The maximum absolute atomic E-state index is 13.0. The highest BCUT2D eigenvalue weighted by molar-refractivity contribution is 6.31. The summed E-state index contributed by atoms with van der Waals surface area (Å²) >= 11 is 5.97. The first-order valence-electron chi connectivity index (χ1n) is 8.88. The number of benzene rings is 3. The van der Waals surface area contributed by atoms with Crippen molar-refractivity contribution < 1.29 is 14.0 Å². The first kappa shape index (κ1) is 20.4. The number of halogens is 2. The van der Waals surface area contributed by atoms with Gasteiger partial charge in [0.2, 0.25) is 5.91 Å². The molecule has 0 spiro atoms. The number of para-hydroxylation sites is 1. The second-order valence-electron chi connectivity index (χ2n) is 6.37. The Hall–Kier alpha value is -3.38. The van der Waals surface area contributed by atoms with Crippen LogP contribution < -0.4 is 16.0 Å². The molecule has 2 amide bonds. The van der Waals surface area contributed by atoms with Crippen LogP contribution >= 0.6 is 11.6 Å². The standard InChI is InChI=1S/C22H19ClFN3O2/c1-14-6-7-15(23)12-20(14)27-21(28)13-25-19-5-3-2-4-18(19)22(29)26-17-10-8-16(24)9-11-17/h2-12,25H,13H2,1H3,(H,26,29)(H,27,28). The van der Waals surface area contributed by atoms with Gasteiger partial charge in [-0.1, -0.05) is 29.8 Å². The van der Waals surface area contributed by atoms with E-state index in [-0.39, 0.29) is 24.2 Å². The zero-order chi connectivity index (χ0) is 20.8. The summed E-state index contributed by atoms with van der Waals surface area (Å²) in [5.74, 6) is -1.03. The topological polar surface area (TPSA) is 70.2 Å². The van der Waals surface area contributed by atoms with Crippen LogP contribution in [0.5, 0.6) is 0 Å². The first-order chi connectivity index (χ1) is 13.9. The lowest BCUT2D eigenvalue weighted by molar-refractivity contribution is -0.114. The van der Waals surface area contributed by atoms with E-state index in [0.717, 1.165) is 5.56 Å². The normalized spacial score (nSPS) is 10.3. The number of carbonyl (C=O) groups is 2. The molecule has 0 radical (unpaired) electrons. The molecule has 0 heterocycles. The van der Waals surface area contributed by atoms with Crippen molar-refractivity contribution in [2.24, 2.45) is 0 Å². The van der Waals surface area contributed by atoms with Gasteiger partial charge in [0, 0.05) is 22.1 Å². The largest absolute Gasteiger partial charge is 0.376 e. The summed E-state index contributed by atoms with van der Waals surface area (Å²) in [7, 11) is 0. The zero-order valence-electron chi connectivity index (χ0n) is 15.6. The predicted octanol–water partition coefficient (Wildman–Crippen LogP) is 5.09. The van der Waals surface area contributed by atoms with Crippen molar-refractivity contribution in [2.45, 2.75) is 6.92 Å². The molecule has 0 bridgehead atoms. The molecular formula is C22H19ClFN3O2. The highest BCUT2D eigenvalue weighted by Crippen LogP contribution is 2.21. The van der Waals surface area contributed by atoms with Crippen LogP contribution in [0, 0.1) is 12.7 Å². The number of hydrogen-bond donors (Lipinski definition) is 3. The van der Waals surface area contributed by atoms with E-state index in [1.807, 2.05) is 13.0 Å². The number of rotatable bonds is 6. The van der Waals surface area contributed by atoms with Gasteiger partial charge < -0.3 is 16.0 Å². The van der Waals surface area contributed by atoms with Crippen molar-refractivity contribution in [3.8, 4) is 0 Å². The van der Waals surface area contributed by atoms with E-state index in [0.29, 0.717) is 27.6 Å². The van der Waals surface area contributed by atoms with Gasteiger partial charge in [-0.2, -0.15) is 0 Å². The average Bonchev–Trinajstić information content (AvgIpc) is 2.71. The molecule has 29 heavy (non-hydrogen) atoms. The average molecular weight is 412 g/mol. The van der Waals surface area contributed by atoms with Gasteiger partial charge in [-0.3, -0.25) is 9.59 Å². The third-order valence-corrected chi connectivity index (χ3v) is 4.42. The van der Waals surface area contributed by atoms with Gasteiger partial charge in [0.1, 0.15) is 5.82 Å². The Kier molecular flexibility index (Phi) is 6.46. The number of aryl methyl sites for hydroxylation is 1. The van der Waals surface area contributed by atoms with Gasteiger partial charge in [0.25, 0.3) is 5.91 Å². The van der Waals surface area contributed by atoms with E-state index < -0.39 is 0 Å². The molecule has 3 aromatic carbocycles. The maximum atomic E-state index is 13.0. The third kappa shape index (κ3) is 5.56. The van der Waals surface area contributed by atoms with Crippen molar-refractivity contribution in [3.63, 3.8) is 0 Å². The Bertz CT molecular complexity index is 1040. The number of hydrogen-bond acceptors (Lipinski definition) is 3. The monoisotopic (exact) mass is 411 g/mol. The van der Waals surface area contributed by atoms with E-state index in [4.69, 9.17) is 11.6 Å². The third-order valence-electron chi connectivity index (χ3n) is 4.19. The summed E-state index contributed by atoms with van der Waals surface area (Å²) < 4.78 is 13.0. The lowest BCUT2D eigenvalue weighted by Crippen LogP contribution is -2.23. The van der Waals surface area contributed by atoms with Gasteiger partial charge in [0.05, 0.1) is 12.1 Å². The fourth-order valence-corrected chi connectivity index (χ4v) is 2.84. The summed E-state index contributed by atoms with van der Waals surface area (Å²) in [6, 6.07) is 17.6. The van der Waals surface area contributed by atoms with E-state index in [2.05, 4.69) is 16.0 Å². The van der Waals surface area contributed by atoms with Crippen LogP contribution in [0.2, 0.25) is 5.02 Å². The van der Waals surface area contributed by atoms with E-state index >= 15 is 0 Å². The zero-order valence-corrected chi connectivity index (χ0v) is 16.4. The summed E-state index contributed by atoms with van der Waals surface area (Å²) in [6.45, 7) is 1.83. The molecule has 3 aromatic rings. The predicted molar refractivity (Wildman–Crippen MR) is 114 cm³/mol. The van der Waals surface area contributed by atoms with Crippen LogP contribution in [0.3, 0.4) is 0 Å². The summed E-state index contributed by atoms with van der Waals surface area (Å²) in [5.41, 5.74) is 2.86. The molecule has 3 N–H and O–H groups in total. The van der Waals surface area contributed by atoms with Crippen LogP contribution in [-0.2, 0) is 4.79 Å². The quantitative estimate of drug-likeness (QED) is 0.529. The van der Waals surface area contributed by atoms with Gasteiger partial charge in [-0.15, -0.1) is 0 Å².